The van der Waals surface area contributed by atoms with Gasteiger partial charge in [-0.1, -0.05) is 13.8 Å². The van der Waals surface area contributed by atoms with Crippen molar-refractivity contribution in [1.82, 2.24) is 9.55 Å². The van der Waals surface area contributed by atoms with Gasteiger partial charge >= 0.3 is 5.97 Å². The molecule has 0 radical (unpaired) electrons. The van der Waals surface area contributed by atoms with E-state index in [4.69, 9.17) is 5.11 Å². The lowest BCUT2D eigenvalue weighted by Crippen LogP contribution is -2.05. The predicted molar refractivity (Wildman–Crippen MR) is 44.3 cm³/mol. The Morgan fingerprint density at radius 1 is 1.67 bits per heavy atom. The highest BCUT2D eigenvalue weighted by molar-refractivity contribution is 5.83. The summed E-state index contributed by atoms with van der Waals surface area (Å²) < 4.78 is 1.53. The Bertz CT molecular complexity index is 302. The van der Waals surface area contributed by atoms with Gasteiger partial charge < -0.3 is 9.67 Å². The van der Waals surface area contributed by atoms with Gasteiger partial charge in [0, 0.05) is 13.2 Å². The summed E-state index contributed by atoms with van der Waals surface area (Å²) in [5.41, 5.74) is 0.815. The summed E-state index contributed by atoms with van der Waals surface area (Å²) in [5, 5.41) is 8.68. The van der Waals surface area contributed by atoms with E-state index in [1.54, 1.807) is 13.2 Å². The van der Waals surface area contributed by atoms with Crippen molar-refractivity contribution in [2.24, 2.45) is 7.05 Å². The smallest absolute Gasteiger partial charge is 0.372 e. The molecule has 0 unspecified atom stereocenters. The molecule has 0 spiro atoms. The van der Waals surface area contributed by atoms with Crippen LogP contribution in [0.5, 0.6) is 0 Å². The Labute approximate surface area is 70.9 Å². The highest BCUT2D eigenvalue weighted by Crippen LogP contribution is 2.12. The zero-order valence-corrected chi connectivity index (χ0v) is 7.40. The third kappa shape index (κ3) is 1.47. The van der Waals surface area contributed by atoms with Crippen molar-refractivity contribution >= 4 is 5.97 Å². The van der Waals surface area contributed by atoms with E-state index >= 15 is 0 Å². The standard InChI is InChI=1S/C8H12N2O2/c1-5(2)6-4-10(3)7(9-6)8(11)12/h4-5H,1-3H3,(H,11,12). The molecule has 0 aromatic carbocycles. The predicted octanol–water partition coefficient (Wildman–Crippen LogP) is 1.24. The summed E-state index contributed by atoms with van der Waals surface area (Å²) >= 11 is 0. The Balaban J connectivity index is 3.09. The molecule has 0 atom stereocenters. The molecule has 0 aliphatic carbocycles. The van der Waals surface area contributed by atoms with Gasteiger partial charge in [0.25, 0.3) is 0 Å². The van der Waals surface area contributed by atoms with Crippen molar-refractivity contribution in [1.29, 1.82) is 0 Å². The monoisotopic (exact) mass is 168 g/mol. The molecule has 1 aromatic heterocycles. The van der Waals surface area contributed by atoms with E-state index in [0.29, 0.717) is 0 Å². The lowest BCUT2D eigenvalue weighted by Gasteiger charge is -1.95. The maximum absolute atomic E-state index is 10.6. The van der Waals surface area contributed by atoms with Crippen molar-refractivity contribution in [3.63, 3.8) is 0 Å². The highest BCUT2D eigenvalue weighted by atomic mass is 16.4. The molecule has 1 N–H and O–H groups in total. The Hall–Kier alpha value is -1.32. The van der Waals surface area contributed by atoms with Crippen LogP contribution in [0.2, 0.25) is 0 Å². The van der Waals surface area contributed by atoms with Crippen molar-refractivity contribution in [3.8, 4) is 0 Å². The topological polar surface area (TPSA) is 55.1 Å². The molecule has 4 nitrogen and oxygen atoms in total. The van der Waals surface area contributed by atoms with Gasteiger partial charge in [-0.25, -0.2) is 9.78 Å². The summed E-state index contributed by atoms with van der Waals surface area (Å²) in [6.45, 7) is 3.96. The van der Waals surface area contributed by atoms with E-state index in [9.17, 15) is 4.79 Å². The van der Waals surface area contributed by atoms with Crippen molar-refractivity contribution in [3.05, 3.63) is 17.7 Å². The molecular weight excluding hydrogens is 156 g/mol. The molecule has 0 aliphatic heterocycles. The quantitative estimate of drug-likeness (QED) is 0.722. The molecule has 0 saturated carbocycles. The minimum Gasteiger partial charge on any atom is -0.475 e. The van der Waals surface area contributed by atoms with Crippen LogP contribution in [-0.2, 0) is 7.05 Å². The second-order valence-electron chi connectivity index (χ2n) is 3.06. The fourth-order valence-corrected chi connectivity index (χ4v) is 0.966. The van der Waals surface area contributed by atoms with Gasteiger partial charge in [-0.05, 0) is 5.92 Å². The number of carboxylic acids is 1. The summed E-state index contributed by atoms with van der Waals surface area (Å²) in [6, 6.07) is 0. The first-order chi connectivity index (χ1) is 5.52. The van der Waals surface area contributed by atoms with E-state index in [1.807, 2.05) is 13.8 Å². The van der Waals surface area contributed by atoms with Crippen LogP contribution >= 0.6 is 0 Å². The van der Waals surface area contributed by atoms with Gasteiger partial charge in [0.05, 0.1) is 5.69 Å². The number of rotatable bonds is 2. The molecule has 4 heteroatoms. The van der Waals surface area contributed by atoms with Crippen LogP contribution in [0.15, 0.2) is 6.20 Å². The summed E-state index contributed by atoms with van der Waals surface area (Å²) in [4.78, 5) is 14.5. The molecule has 0 saturated heterocycles. The maximum atomic E-state index is 10.6. The van der Waals surface area contributed by atoms with E-state index < -0.39 is 5.97 Å². The average molecular weight is 168 g/mol. The average Bonchev–Trinajstić information content (AvgIpc) is 2.30. The number of aromatic nitrogens is 2. The molecule has 0 fully saturated rings. The van der Waals surface area contributed by atoms with E-state index in [0.717, 1.165) is 5.69 Å². The van der Waals surface area contributed by atoms with Gasteiger partial charge in [-0.15, -0.1) is 0 Å². The van der Waals surface area contributed by atoms with Gasteiger partial charge in [0.1, 0.15) is 0 Å². The van der Waals surface area contributed by atoms with E-state index in [2.05, 4.69) is 4.98 Å². The first-order valence-corrected chi connectivity index (χ1v) is 3.79. The van der Waals surface area contributed by atoms with Crippen LogP contribution in [0.1, 0.15) is 36.1 Å². The molecule has 1 aromatic rings. The van der Waals surface area contributed by atoms with Crippen molar-refractivity contribution in [2.45, 2.75) is 19.8 Å². The largest absolute Gasteiger partial charge is 0.475 e. The second-order valence-corrected chi connectivity index (χ2v) is 3.06. The van der Waals surface area contributed by atoms with E-state index in [1.165, 1.54) is 4.57 Å². The van der Waals surface area contributed by atoms with Crippen LogP contribution < -0.4 is 0 Å². The highest BCUT2D eigenvalue weighted by Gasteiger charge is 2.13. The Morgan fingerprint density at radius 2 is 2.25 bits per heavy atom. The third-order valence-corrected chi connectivity index (χ3v) is 1.68. The maximum Gasteiger partial charge on any atom is 0.372 e. The molecule has 1 rings (SSSR count). The summed E-state index contributed by atoms with van der Waals surface area (Å²) in [6.07, 6.45) is 1.74. The minimum atomic E-state index is -0.982. The molecule has 12 heavy (non-hydrogen) atoms. The lowest BCUT2D eigenvalue weighted by atomic mass is 10.2. The number of nitrogens with zero attached hydrogens (tertiary/aromatic N) is 2. The molecule has 0 amide bonds. The number of hydrogen-bond acceptors (Lipinski definition) is 2. The number of hydrogen-bond donors (Lipinski definition) is 1. The Morgan fingerprint density at radius 3 is 2.50 bits per heavy atom. The molecule has 0 bridgehead atoms. The number of aromatic carboxylic acids is 1. The fourth-order valence-electron chi connectivity index (χ4n) is 0.966. The van der Waals surface area contributed by atoms with Gasteiger partial charge in [0.2, 0.25) is 5.82 Å². The normalized spacial score (nSPS) is 10.7. The molecule has 66 valence electrons. The van der Waals surface area contributed by atoms with Gasteiger partial charge in [0.15, 0.2) is 0 Å². The number of carboxylic acid groups (broad SMARTS) is 1. The zero-order valence-electron chi connectivity index (χ0n) is 7.40. The van der Waals surface area contributed by atoms with Crippen LogP contribution in [-0.4, -0.2) is 20.6 Å². The van der Waals surface area contributed by atoms with Crippen molar-refractivity contribution < 1.29 is 9.90 Å². The van der Waals surface area contributed by atoms with Gasteiger partial charge in [-0.2, -0.15) is 0 Å². The number of carbonyl (C=O) groups is 1. The molecular formula is C8H12N2O2. The first-order valence-electron chi connectivity index (χ1n) is 3.79. The van der Waals surface area contributed by atoms with Crippen LogP contribution in [0, 0.1) is 0 Å². The number of aryl methyl sites for hydroxylation is 1. The van der Waals surface area contributed by atoms with Crippen LogP contribution in [0.4, 0.5) is 0 Å². The zero-order chi connectivity index (χ0) is 9.30. The van der Waals surface area contributed by atoms with Crippen LogP contribution in [0.25, 0.3) is 0 Å². The Kier molecular flexibility index (Phi) is 2.17. The first kappa shape index (κ1) is 8.77. The van der Waals surface area contributed by atoms with Crippen LogP contribution in [0.3, 0.4) is 0 Å². The second kappa shape index (κ2) is 2.97. The SMILES string of the molecule is CC(C)c1cn(C)c(C(=O)O)n1. The lowest BCUT2D eigenvalue weighted by molar-refractivity contribution is 0.0679. The van der Waals surface area contributed by atoms with Gasteiger partial charge in [-0.3, -0.25) is 0 Å². The minimum absolute atomic E-state index is 0.0960. The molecule has 0 aliphatic rings. The summed E-state index contributed by atoms with van der Waals surface area (Å²) in [5.74, 6) is -0.618. The summed E-state index contributed by atoms with van der Waals surface area (Å²) in [7, 11) is 1.68. The molecule has 1 heterocycles. The van der Waals surface area contributed by atoms with Crippen molar-refractivity contribution in [2.75, 3.05) is 0 Å². The third-order valence-electron chi connectivity index (χ3n) is 1.68. The fraction of sp³-hybridized carbons (Fsp3) is 0.500. The van der Waals surface area contributed by atoms with E-state index in [-0.39, 0.29) is 11.7 Å². The number of imidazole rings is 1.